The number of hydrogen-bond acceptors (Lipinski definition) is 4. The molecule has 0 spiro atoms. The summed E-state index contributed by atoms with van der Waals surface area (Å²) in [6, 6.07) is 0. The number of hydrogen-bond donors (Lipinski definition) is 2. The van der Waals surface area contributed by atoms with Crippen LogP contribution in [0.15, 0.2) is 17.1 Å². The number of aliphatic imine (C=N–C) groups is 1. The van der Waals surface area contributed by atoms with Crippen LogP contribution in [-0.2, 0) is 14.3 Å². The molecule has 3 aliphatic rings. The number of carbonyl (C=O) groups excluding carboxylic acids is 2. The van der Waals surface area contributed by atoms with Crippen LogP contribution in [0, 0.1) is 23.7 Å². The Morgan fingerprint density at radius 1 is 1.15 bits per heavy atom. The second-order valence-corrected chi connectivity index (χ2v) is 7.22. The predicted octanol–water partition coefficient (Wildman–Crippen LogP) is 0.775. The molecule has 2 bridgehead atoms. The molecule has 2 fully saturated rings. The van der Waals surface area contributed by atoms with E-state index < -0.39 is 0 Å². The average molecular weight is 362 g/mol. The van der Waals surface area contributed by atoms with Gasteiger partial charge in [0, 0.05) is 33.3 Å². The Hall–Kier alpha value is -1.89. The van der Waals surface area contributed by atoms with Gasteiger partial charge in [0.15, 0.2) is 5.96 Å². The van der Waals surface area contributed by atoms with Crippen molar-refractivity contribution in [1.82, 2.24) is 15.5 Å². The summed E-state index contributed by atoms with van der Waals surface area (Å²) in [5, 5.41) is 6.34. The first-order valence-corrected chi connectivity index (χ1v) is 9.73. The predicted molar refractivity (Wildman–Crippen MR) is 99.5 cm³/mol. The van der Waals surface area contributed by atoms with Gasteiger partial charge >= 0.3 is 0 Å². The van der Waals surface area contributed by atoms with E-state index in [4.69, 9.17) is 4.74 Å². The maximum Gasteiger partial charge on any atom is 0.233 e. The van der Waals surface area contributed by atoms with Gasteiger partial charge < -0.3 is 15.4 Å². The van der Waals surface area contributed by atoms with Gasteiger partial charge in [0.2, 0.25) is 11.8 Å². The summed E-state index contributed by atoms with van der Waals surface area (Å²) in [6.45, 7) is 5.10. The minimum atomic E-state index is -0.116. The second kappa shape index (κ2) is 8.66. The van der Waals surface area contributed by atoms with Gasteiger partial charge in [-0.3, -0.25) is 19.5 Å². The fourth-order valence-electron chi connectivity index (χ4n) is 4.28. The van der Waals surface area contributed by atoms with Crippen molar-refractivity contribution in [3.8, 4) is 0 Å². The molecule has 0 aromatic heterocycles. The number of likely N-dealkylation sites (tertiary alicyclic amines) is 1. The zero-order valence-electron chi connectivity index (χ0n) is 15.7. The fraction of sp³-hybridized carbons (Fsp3) is 0.737. The number of unbranched alkanes of at least 4 members (excludes halogenated alkanes) is 1. The van der Waals surface area contributed by atoms with Crippen LogP contribution in [0.2, 0.25) is 0 Å². The molecule has 7 nitrogen and oxygen atoms in total. The highest BCUT2D eigenvalue weighted by molar-refractivity contribution is 6.06. The number of rotatable bonds is 9. The van der Waals surface area contributed by atoms with E-state index in [-0.39, 0.29) is 35.5 Å². The van der Waals surface area contributed by atoms with E-state index in [1.807, 2.05) is 0 Å². The molecule has 0 radical (unpaired) electrons. The van der Waals surface area contributed by atoms with Gasteiger partial charge in [-0.15, -0.1) is 0 Å². The van der Waals surface area contributed by atoms with E-state index >= 15 is 0 Å². The lowest BCUT2D eigenvalue weighted by molar-refractivity contribution is -0.140. The van der Waals surface area contributed by atoms with Crippen LogP contribution in [0.25, 0.3) is 0 Å². The summed E-state index contributed by atoms with van der Waals surface area (Å²) in [5.41, 5.74) is 0. The number of carbonyl (C=O) groups is 2. The summed E-state index contributed by atoms with van der Waals surface area (Å²) in [4.78, 5) is 30.8. The van der Waals surface area contributed by atoms with Crippen molar-refractivity contribution < 1.29 is 14.3 Å². The van der Waals surface area contributed by atoms with Crippen molar-refractivity contribution in [3.63, 3.8) is 0 Å². The number of fused-ring (bicyclic) bond motifs is 5. The largest absolute Gasteiger partial charge is 0.380 e. The van der Waals surface area contributed by atoms with Crippen molar-refractivity contribution in [2.45, 2.75) is 26.2 Å². The molecule has 3 rings (SSSR count). The van der Waals surface area contributed by atoms with Crippen molar-refractivity contribution in [1.29, 1.82) is 0 Å². The third-order valence-electron chi connectivity index (χ3n) is 5.59. The lowest BCUT2D eigenvalue weighted by Crippen LogP contribution is -2.44. The highest BCUT2D eigenvalue weighted by atomic mass is 16.5. The quantitative estimate of drug-likeness (QED) is 0.208. The normalized spacial score (nSPS) is 29.6. The number of allylic oxidation sites excluding steroid dienone is 2. The lowest BCUT2D eigenvalue weighted by Gasteiger charge is -2.18. The van der Waals surface area contributed by atoms with Crippen molar-refractivity contribution in [2.75, 3.05) is 39.9 Å². The molecule has 2 amide bonds. The van der Waals surface area contributed by atoms with Gasteiger partial charge in [0.25, 0.3) is 0 Å². The molecule has 26 heavy (non-hydrogen) atoms. The molecule has 4 unspecified atom stereocenters. The van der Waals surface area contributed by atoms with Crippen molar-refractivity contribution in [3.05, 3.63) is 12.2 Å². The number of nitrogens with one attached hydrogen (secondary N) is 2. The van der Waals surface area contributed by atoms with Crippen molar-refractivity contribution in [2.24, 2.45) is 28.7 Å². The molecule has 1 aliphatic heterocycles. The molecular weight excluding hydrogens is 332 g/mol. The first-order valence-electron chi connectivity index (χ1n) is 9.73. The first kappa shape index (κ1) is 18.9. The second-order valence-electron chi connectivity index (χ2n) is 7.22. The molecule has 1 saturated heterocycles. The Labute approximate surface area is 155 Å². The number of imide groups is 1. The van der Waals surface area contributed by atoms with Gasteiger partial charge in [0.1, 0.15) is 0 Å². The molecule has 4 atom stereocenters. The van der Waals surface area contributed by atoms with Crippen molar-refractivity contribution >= 4 is 17.8 Å². The summed E-state index contributed by atoms with van der Waals surface area (Å²) in [7, 11) is 1.70. The van der Waals surface area contributed by atoms with E-state index in [1.165, 1.54) is 4.90 Å². The minimum absolute atomic E-state index is 0.00548. The number of amides is 2. The maximum absolute atomic E-state index is 12.6. The van der Waals surface area contributed by atoms with Gasteiger partial charge in [-0.2, -0.15) is 0 Å². The molecule has 7 heteroatoms. The van der Waals surface area contributed by atoms with Gasteiger partial charge in [0.05, 0.1) is 18.4 Å². The van der Waals surface area contributed by atoms with Crippen LogP contribution in [0.1, 0.15) is 26.2 Å². The first-order chi connectivity index (χ1) is 12.7. The SMILES string of the molecule is CCCCOCCNC(=NC)NCCN1C(=O)C2C3C=CC(C3)C2C1=O. The Kier molecular flexibility index (Phi) is 6.29. The van der Waals surface area contributed by atoms with Crippen LogP contribution in [0.5, 0.6) is 0 Å². The van der Waals surface area contributed by atoms with Crippen LogP contribution < -0.4 is 10.6 Å². The number of ether oxygens (including phenoxy) is 1. The van der Waals surface area contributed by atoms with E-state index in [9.17, 15) is 9.59 Å². The summed E-state index contributed by atoms with van der Waals surface area (Å²) < 4.78 is 5.50. The van der Waals surface area contributed by atoms with Crippen LogP contribution in [0.3, 0.4) is 0 Å². The summed E-state index contributed by atoms with van der Waals surface area (Å²) in [6.07, 6.45) is 7.41. The minimum Gasteiger partial charge on any atom is -0.380 e. The van der Waals surface area contributed by atoms with E-state index in [0.717, 1.165) is 25.9 Å². The molecular formula is C19H30N4O3. The van der Waals surface area contributed by atoms with Crippen LogP contribution >= 0.6 is 0 Å². The Morgan fingerprint density at radius 3 is 2.42 bits per heavy atom. The molecule has 0 aromatic carbocycles. The molecule has 2 N–H and O–H groups in total. The van der Waals surface area contributed by atoms with Gasteiger partial charge in [-0.05, 0) is 24.7 Å². The Morgan fingerprint density at radius 2 is 1.81 bits per heavy atom. The molecule has 0 aromatic rings. The third kappa shape index (κ3) is 3.77. The smallest absolute Gasteiger partial charge is 0.233 e. The molecule has 1 heterocycles. The number of nitrogens with zero attached hydrogens (tertiary/aromatic N) is 2. The van der Waals surface area contributed by atoms with Gasteiger partial charge in [-0.1, -0.05) is 25.5 Å². The van der Waals surface area contributed by atoms with E-state index in [2.05, 4.69) is 34.7 Å². The standard InChI is InChI=1S/C19H30N4O3/c1-3-4-10-26-11-8-22-19(20-2)21-7-9-23-17(24)15-13-5-6-14(12-13)16(15)18(23)25/h5-6,13-16H,3-4,7-12H2,1-2H3,(H2,20,21,22). The summed E-state index contributed by atoms with van der Waals surface area (Å²) >= 11 is 0. The fourth-order valence-corrected chi connectivity index (χ4v) is 4.28. The molecule has 2 aliphatic carbocycles. The average Bonchev–Trinajstić information content (AvgIpc) is 3.32. The van der Waals surface area contributed by atoms with E-state index in [1.54, 1.807) is 7.05 Å². The topological polar surface area (TPSA) is 83.0 Å². The highest BCUT2D eigenvalue weighted by Crippen LogP contribution is 2.52. The van der Waals surface area contributed by atoms with Crippen LogP contribution in [-0.4, -0.2) is 62.6 Å². The molecule has 1 saturated carbocycles. The Bertz CT molecular complexity index is 559. The Balaban J connectivity index is 1.38. The number of guanidine groups is 1. The van der Waals surface area contributed by atoms with Crippen LogP contribution in [0.4, 0.5) is 0 Å². The maximum atomic E-state index is 12.6. The van der Waals surface area contributed by atoms with Gasteiger partial charge in [-0.25, -0.2) is 0 Å². The molecule has 144 valence electrons. The lowest BCUT2D eigenvalue weighted by atomic mass is 9.85. The zero-order valence-corrected chi connectivity index (χ0v) is 15.7. The third-order valence-corrected chi connectivity index (χ3v) is 5.59. The zero-order chi connectivity index (χ0) is 18.5. The highest BCUT2D eigenvalue weighted by Gasteiger charge is 2.58. The monoisotopic (exact) mass is 362 g/mol. The summed E-state index contributed by atoms with van der Waals surface area (Å²) in [5.74, 6) is 0.968. The van der Waals surface area contributed by atoms with E-state index in [0.29, 0.717) is 32.2 Å².